The van der Waals surface area contributed by atoms with E-state index in [9.17, 15) is 9.59 Å². The van der Waals surface area contributed by atoms with Crippen molar-refractivity contribution in [1.29, 1.82) is 0 Å². The van der Waals surface area contributed by atoms with Crippen LogP contribution in [0.25, 0.3) is 33.2 Å². The number of Topliss-reactive ketones (excluding diaryl/α,β-unsaturated/α-hetero) is 1. The summed E-state index contributed by atoms with van der Waals surface area (Å²) in [6.07, 6.45) is 5.92. The van der Waals surface area contributed by atoms with Crippen LogP contribution in [0.3, 0.4) is 0 Å². The molecule has 33 heavy (non-hydrogen) atoms. The third-order valence-corrected chi connectivity index (χ3v) is 7.47. The van der Waals surface area contributed by atoms with E-state index in [0.717, 1.165) is 59.0 Å². The first-order valence-electron chi connectivity index (χ1n) is 12.1. The lowest BCUT2D eigenvalue weighted by Crippen LogP contribution is -2.22. The van der Waals surface area contributed by atoms with Gasteiger partial charge in [-0.15, -0.1) is 0 Å². The fraction of sp³-hybridized carbons (Fsp3) is 0.267. The van der Waals surface area contributed by atoms with Crippen molar-refractivity contribution in [2.24, 2.45) is 5.92 Å². The number of carbonyl (C=O) groups is 1. The molecule has 3 heteroatoms. The molecule has 6 rings (SSSR count). The molecule has 0 atom stereocenters. The van der Waals surface area contributed by atoms with E-state index >= 15 is 0 Å². The van der Waals surface area contributed by atoms with Gasteiger partial charge >= 0.3 is 0 Å². The Morgan fingerprint density at radius 3 is 2.42 bits per heavy atom. The van der Waals surface area contributed by atoms with Crippen molar-refractivity contribution in [3.63, 3.8) is 0 Å². The zero-order valence-electron chi connectivity index (χ0n) is 18.7. The molecule has 0 saturated heterocycles. The first-order chi connectivity index (χ1) is 16.2. The lowest BCUT2D eigenvalue weighted by atomic mass is 9.83. The van der Waals surface area contributed by atoms with Crippen molar-refractivity contribution in [3.8, 4) is 22.4 Å². The van der Waals surface area contributed by atoms with Crippen LogP contribution in [0.4, 0.5) is 0 Å². The average Bonchev–Trinajstić information content (AvgIpc) is 3.26. The van der Waals surface area contributed by atoms with E-state index in [2.05, 4.69) is 24.3 Å². The van der Waals surface area contributed by atoms with Crippen LogP contribution in [0.2, 0.25) is 0 Å². The van der Waals surface area contributed by atoms with Gasteiger partial charge in [0.05, 0.1) is 12.2 Å². The molecule has 1 fully saturated rings. The minimum atomic E-state index is 0.0304. The van der Waals surface area contributed by atoms with Crippen LogP contribution in [0.1, 0.15) is 43.2 Å². The van der Waals surface area contributed by atoms with E-state index in [1.807, 2.05) is 53.1 Å². The Hall–Kier alpha value is -3.46. The molecule has 0 bridgehead atoms. The van der Waals surface area contributed by atoms with Gasteiger partial charge in [0.2, 0.25) is 0 Å². The van der Waals surface area contributed by atoms with Gasteiger partial charge in [-0.05, 0) is 35.6 Å². The van der Waals surface area contributed by atoms with E-state index in [0.29, 0.717) is 24.1 Å². The SMILES string of the molecule is O=C(Cc1cccc2c(=O)n3c(c(-c4ccccc4)c12)-c1ccccc1C3)C1CCCCC1. The zero-order chi connectivity index (χ0) is 22.4. The molecular weight excluding hydrogens is 406 g/mol. The van der Waals surface area contributed by atoms with Crippen molar-refractivity contribution in [2.75, 3.05) is 0 Å². The standard InChI is InChI=1S/C30H27NO2/c32-26(20-10-3-1-4-11-20)18-22-15-9-17-25-27(22)28(21-12-5-2-6-13-21)29-24-16-8-7-14-23(24)19-31(29)30(25)33/h2,5-9,12-17,20H,1,3-4,10-11,18-19H2. The minimum Gasteiger partial charge on any atom is -0.303 e. The molecule has 0 radical (unpaired) electrons. The highest BCUT2D eigenvalue weighted by molar-refractivity contribution is 6.06. The molecular formula is C30H27NO2. The number of fused-ring (bicyclic) bond motifs is 4. The Morgan fingerprint density at radius 1 is 0.848 bits per heavy atom. The van der Waals surface area contributed by atoms with Gasteiger partial charge in [-0.2, -0.15) is 0 Å². The predicted octanol–water partition coefficient (Wildman–Crippen LogP) is 6.39. The van der Waals surface area contributed by atoms with Gasteiger partial charge in [0.15, 0.2) is 0 Å². The molecule has 0 unspecified atom stereocenters. The summed E-state index contributed by atoms with van der Waals surface area (Å²) in [4.78, 5) is 27.0. The fourth-order valence-corrected chi connectivity index (χ4v) is 5.85. The van der Waals surface area contributed by atoms with Crippen molar-refractivity contribution >= 4 is 16.6 Å². The van der Waals surface area contributed by atoms with Gasteiger partial charge in [-0.25, -0.2) is 0 Å². The van der Waals surface area contributed by atoms with Crippen molar-refractivity contribution < 1.29 is 4.79 Å². The number of hydrogen-bond donors (Lipinski definition) is 0. The van der Waals surface area contributed by atoms with Crippen LogP contribution in [-0.2, 0) is 17.8 Å². The number of aromatic nitrogens is 1. The van der Waals surface area contributed by atoms with Crippen LogP contribution < -0.4 is 5.56 Å². The molecule has 1 saturated carbocycles. The van der Waals surface area contributed by atoms with Gasteiger partial charge in [-0.1, -0.05) is 86.0 Å². The lowest BCUT2D eigenvalue weighted by Gasteiger charge is -2.21. The molecule has 1 aliphatic heterocycles. The lowest BCUT2D eigenvalue weighted by molar-refractivity contribution is -0.123. The second-order valence-electron chi connectivity index (χ2n) is 9.46. The minimum absolute atomic E-state index is 0.0304. The number of rotatable bonds is 4. The Balaban J connectivity index is 1.63. The Kier molecular flexibility index (Phi) is 4.98. The Morgan fingerprint density at radius 2 is 1.61 bits per heavy atom. The van der Waals surface area contributed by atoms with Crippen LogP contribution in [0, 0.1) is 5.92 Å². The van der Waals surface area contributed by atoms with Gasteiger partial charge < -0.3 is 4.57 Å². The Bertz CT molecular complexity index is 1430. The molecule has 3 nitrogen and oxygen atoms in total. The monoisotopic (exact) mass is 433 g/mol. The summed E-state index contributed by atoms with van der Waals surface area (Å²) >= 11 is 0. The zero-order valence-corrected chi connectivity index (χ0v) is 18.7. The highest BCUT2D eigenvalue weighted by atomic mass is 16.1. The van der Waals surface area contributed by atoms with E-state index in [1.54, 1.807) is 0 Å². The van der Waals surface area contributed by atoms with E-state index in [1.165, 1.54) is 12.0 Å². The molecule has 0 amide bonds. The molecule has 1 aromatic heterocycles. The van der Waals surface area contributed by atoms with Crippen molar-refractivity contribution in [2.45, 2.75) is 45.1 Å². The maximum absolute atomic E-state index is 13.7. The highest BCUT2D eigenvalue weighted by Gasteiger charge is 2.28. The molecule has 2 aliphatic rings. The van der Waals surface area contributed by atoms with Crippen LogP contribution in [0.5, 0.6) is 0 Å². The summed E-state index contributed by atoms with van der Waals surface area (Å²) < 4.78 is 1.92. The van der Waals surface area contributed by atoms with Crippen LogP contribution >= 0.6 is 0 Å². The van der Waals surface area contributed by atoms with E-state index in [4.69, 9.17) is 0 Å². The molecule has 0 spiro atoms. The predicted molar refractivity (Wildman–Crippen MR) is 133 cm³/mol. The number of pyridine rings is 1. The maximum Gasteiger partial charge on any atom is 0.259 e. The summed E-state index contributed by atoms with van der Waals surface area (Å²) in [5.74, 6) is 0.479. The average molecular weight is 434 g/mol. The fourth-order valence-electron chi connectivity index (χ4n) is 5.85. The van der Waals surface area contributed by atoms with Gasteiger partial charge in [0, 0.05) is 34.2 Å². The summed E-state index contributed by atoms with van der Waals surface area (Å²) in [6, 6.07) is 24.5. The largest absolute Gasteiger partial charge is 0.303 e. The topological polar surface area (TPSA) is 39.1 Å². The molecule has 0 N–H and O–H groups in total. The maximum atomic E-state index is 13.7. The summed E-state index contributed by atoms with van der Waals surface area (Å²) in [5, 5.41) is 1.65. The van der Waals surface area contributed by atoms with Gasteiger partial charge in [0.25, 0.3) is 5.56 Å². The molecule has 3 aromatic carbocycles. The molecule has 1 aliphatic carbocycles. The van der Waals surface area contributed by atoms with Crippen LogP contribution in [-0.4, -0.2) is 10.4 Å². The van der Waals surface area contributed by atoms with Gasteiger partial charge in [0.1, 0.15) is 5.78 Å². The quantitative estimate of drug-likeness (QED) is 0.329. The van der Waals surface area contributed by atoms with Crippen molar-refractivity contribution in [3.05, 3.63) is 94.3 Å². The van der Waals surface area contributed by atoms with Gasteiger partial charge in [-0.3, -0.25) is 9.59 Å². The van der Waals surface area contributed by atoms with Crippen LogP contribution in [0.15, 0.2) is 77.6 Å². The number of hydrogen-bond acceptors (Lipinski definition) is 2. The third kappa shape index (κ3) is 3.34. The summed E-state index contributed by atoms with van der Waals surface area (Å²) in [6.45, 7) is 0.589. The summed E-state index contributed by atoms with van der Waals surface area (Å²) in [7, 11) is 0. The smallest absolute Gasteiger partial charge is 0.259 e. The second-order valence-corrected chi connectivity index (χ2v) is 9.46. The second kappa shape index (κ2) is 8.15. The number of nitrogens with zero attached hydrogens (tertiary/aromatic N) is 1. The molecule has 164 valence electrons. The first-order valence-corrected chi connectivity index (χ1v) is 12.1. The Labute approximate surface area is 193 Å². The third-order valence-electron chi connectivity index (χ3n) is 7.47. The normalized spacial score (nSPS) is 15.4. The first kappa shape index (κ1) is 20.2. The molecule has 2 heterocycles. The van der Waals surface area contributed by atoms with E-state index in [-0.39, 0.29) is 11.5 Å². The van der Waals surface area contributed by atoms with Crippen molar-refractivity contribution in [1.82, 2.24) is 4.57 Å². The van der Waals surface area contributed by atoms with E-state index < -0.39 is 0 Å². The summed E-state index contributed by atoms with van der Waals surface area (Å²) in [5.41, 5.74) is 6.43. The highest BCUT2D eigenvalue weighted by Crippen LogP contribution is 2.43. The number of carbonyl (C=O) groups excluding carboxylic acids is 1. The molecule has 4 aromatic rings. The number of ketones is 1. The number of benzene rings is 3.